The minimum absolute atomic E-state index is 0.424. The molecule has 14 heterocycles. The monoisotopic (exact) mass is 1620 g/mol. The predicted octanol–water partition coefficient (Wildman–Crippen LogP) is 27.4. The average molecular weight is 1620 g/mol. The number of para-hydroxylation sites is 2. The van der Waals surface area contributed by atoms with Gasteiger partial charge in [-0.15, -0.1) is 22.7 Å². The summed E-state index contributed by atoms with van der Waals surface area (Å²) in [4.78, 5) is 30.5. The molecule has 0 saturated heterocycles. The SMILES string of the molecule is CC.CC.CC.CC.CC.CC.CC.c1ccc2c(c1)[se]c1cccnc12.c1ccc2c(c1)[se]c1cccnc12.c1ccc2c(c1)[se]c1ncccc12.c1ccc2c(c1)oc1cccnc12.c1ccc2c(c1)oc1cccnc12.c1ccc2c(c1)sc1cccnc12.c1ccc2c(c1)sc1cccnc12. The summed E-state index contributed by atoms with van der Waals surface area (Å²) < 4.78 is 24.8. The van der Waals surface area contributed by atoms with Gasteiger partial charge in [-0.2, -0.15) is 0 Å². The molecular formula is C91H91N7O2S2Se3. The number of nitrogens with zero attached hydrogens (tertiary/aromatic N) is 7. The van der Waals surface area contributed by atoms with E-state index in [2.05, 4.69) is 187 Å². The van der Waals surface area contributed by atoms with E-state index in [4.69, 9.17) is 8.83 Å². The smallest absolute Gasteiger partial charge is 0.153 e. The van der Waals surface area contributed by atoms with Crippen LogP contribution in [0.4, 0.5) is 0 Å². The molecule has 9 nitrogen and oxygen atoms in total. The quantitative estimate of drug-likeness (QED) is 0.137. The summed E-state index contributed by atoms with van der Waals surface area (Å²) in [5.74, 6) is 0. The van der Waals surface area contributed by atoms with Crippen molar-refractivity contribution in [2.75, 3.05) is 0 Å². The van der Waals surface area contributed by atoms with Crippen molar-refractivity contribution in [2.24, 2.45) is 0 Å². The summed E-state index contributed by atoms with van der Waals surface area (Å²) in [6.07, 6.45) is 12.9. The van der Waals surface area contributed by atoms with Gasteiger partial charge in [-0.25, -0.2) is 0 Å². The Hall–Kier alpha value is -9.81. The molecule has 0 N–H and O–H groups in total. The molecule has 21 rings (SSSR count). The molecule has 0 radical (unpaired) electrons. The topological polar surface area (TPSA) is 117 Å². The fourth-order valence-electron chi connectivity index (χ4n) is 10.8. The Balaban J connectivity index is 0.000000150. The first-order chi connectivity index (χ1) is 52.1. The summed E-state index contributed by atoms with van der Waals surface area (Å²) in [6, 6.07) is 86.8. The molecule has 0 aliphatic heterocycles. The molecule has 0 atom stereocenters. The first-order valence-corrected chi connectivity index (χ1v) is 43.0. The van der Waals surface area contributed by atoms with E-state index in [0.29, 0.717) is 43.5 Å². The Kier molecular flexibility index (Phi) is 33.5. The van der Waals surface area contributed by atoms with Crippen LogP contribution in [-0.4, -0.2) is 78.4 Å². The maximum atomic E-state index is 5.59. The molecule has 21 aromatic rings. The van der Waals surface area contributed by atoms with Crippen LogP contribution in [0.3, 0.4) is 0 Å². The van der Waals surface area contributed by atoms with Gasteiger partial charge in [0.25, 0.3) is 0 Å². The van der Waals surface area contributed by atoms with Crippen LogP contribution >= 0.6 is 22.7 Å². The number of hydrogen-bond acceptors (Lipinski definition) is 11. The minimum Gasteiger partial charge on any atom is -0.454 e. The van der Waals surface area contributed by atoms with E-state index in [0.717, 1.165) is 55.2 Å². The Labute approximate surface area is 642 Å². The van der Waals surface area contributed by atoms with Gasteiger partial charge in [0.1, 0.15) is 22.2 Å². The van der Waals surface area contributed by atoms with Crippen LogP contribution in [0, 0.1) is 0 Å². The Morgan fingerprint density at radius 2 is 0.467 bits per heavy atom. The zero-order chi connectivity index (χ0) is 74.7. The first-order valence-electron chi connectivity index (χ1n) is 36.2. The van der Waals surface area contributed by atoms with Crippen molar-refractivity contribution in [2.45, 2.75) is 96.9 Å². The molecule has 0 unspecified atom stereocenters. The maximum Gasteiger partial charge on any atom is 0.153 e. The third-order valence-corrected chi connectivity index (χ3v) is 24.2. The molecule has 0 fully saturated rings. The van der Waals surface area contributed by atoms with Crippen molar-refractivity contribution in [3.63, 3.8) is 0 Å². The van der Waals surface area contributed by atoms with Crippen LogP contribution in [0.2, 0.25) is 0 Å². The van der Waals surface area contributed by atoms with E-state index in [1.54, 1.807) is 35.1 Å². The van der Waals surface area contributed by atoms with E-state index in [-0.39, 0.29) is 0 Å². The number of aromatic nitrogens is 7. The van der Waals surface area contributed by atoms with Gasteiger partial charge in [-0.1, -0.05) is 158 Å². The molecule has 105 heavy (non-hydrogen) atoms. The molecule has 7 aromatic carbocycles. The van der Waals surface area contributed by atoms with E-state index < -0.39 is 0 Å². The number of pyridine rings is 7. The largest absolute Gasteiger partial charge is 0.454 e. The van der Waals surface area contributed by atoms with Crippen molar-refractivity contribution in [3.8, 4) is 0 Å². The third kappa shape index (κ3) is 20.0. The van der Waals surface area contributed by atoms with Gasteiger partial charge >= 0.3 is 245 Å². The Bertz CT molecular complexity index is 4680. The molecule has 0 spiro atoms. The van der Waals surface area contributed by atoms with Crippen molar-refractivity contribution < 1.29 is 8.83 Å². The van der Waals surface area contributed by atoms with Gasteiger partial charge in [0.2, 0.25) is 0 Å². The molecular weight excluding hydrogens is 1520 g/mol. The number of hydrogen-bond donors (Lipinski definition) is 0. The number of furan rings is 2. The number of fused-ring (bicyclic) bond motifs is 21. The van der Waals surface area contributed by atoms with E-state index in [9.17, 15) is 0 Å². The standard InChI is InChI=1S/2C11H7NO.2C11H7NS.3C11H7NSe.7C2H6/c4*1-2-5-9-8(4-1)11-10(13-9)6-3-7-12-11;1-2-6-10-8(4-1)9-5-3-7-12-11(9)13-10;2*1-2-5-9-8(4-1)11-10(13-9)6-3-7-12-11;7*1-2/h7*1-7H;7*1-2H3. The van der Waals surface area contributed by atoms with Crippen LogP contribution < -0.4 is 0 Å². The van der Waals surface area contributed by atoms with Gasteiger partial charge in [0.05, 0.1) is 20.4 Å². The molecule has 14 aromatic heterocycles. The van der Waals surface area contributed by atoms with Crippen LogP contribution in [0.15, 0.2) is 307 Å². The second-order valence-electron chi connectivity index (χ2n) is 20.6. The average Bonchev–Trinajstić information content (AvgIpc) is 1.72. The third-order valence-electron chi connectivity index (χ3n) is 15.0. The summed E-state index contributed by atoms with van der Waals surface area (Å²) in [5.41, 5.74) is 10.0. The summed E-state index contributed by atoms with van der Waals surface area (Å²) in [6.45, 7) is 28.0. The van der Waals surface area contributed by atoms with Crippen molar-refractivity contribution >= 4 is 209 Å². The predicted molar refractivity (Wildman–Crippen MR) is 465 cm³/mol. The fraction of sp³-hybridized carbons (Fsp3) is 0.154. The van der Waals surface area contributed by atoms with E-state index in [1.807, 2.05) is 231 Å². The van der Waals surface area contributed by atoms with Crippen molar-refractivity contribution in [1.82, 2.24) is 34.9 Å². The zero-order valence-electron chi connectivity index (χ0n) is 62.3. The normalized spacial score (nSPS) is 10.0. The van der Waals surface area contributed by atoms with Gasteiger partial charge < -0.3 is 8.83 Å². The molecule has 0 aliphatic rings. The van der Waals surface area contributed by atoms with E-state index in [1.165, 1.54) is 87.8 Å². The van der Waals surface area contributed by atoms with Crippen LogP contribution in [0.1, 0.15) is 96.9 Å². The molecule has 532 valence electrons. The zero-order valence-corrected chi connectivity index (χ0v) is 69.1. The molecule has 0 bridgehead atoms. The van der Waals surface area contributed by atoms with Crippen LogP contribution in [0.5, 0.6) is 0 Å². The van der Waals surface area contributed by atoms with Gasteiger partial charge in [0, 0.05) is 55.7 Å². The van der Waals surface area contributed by atoms with Crippen molar-refractivity contribution in [1.29, 1.82) is 0 Å². The Morgan fingerprint density at radius 1 is 0.200 bits per heavy atom. The van der Waals surface area contributed by atoms with Gasteiger partial charge in [0.15, 0.2) is 11.2 Å². The maximum absolute atomic E-state index is 5.59. The van der Waals surface area contributed by atoms with E-state index >= 15 is 0 Å². The van der Waals surface area contributed by atoms with Gasteiger partial charge in [-0.05, 0) is 84.9 Å². The second-order valence-corrected chi connectivity index (χ2v) is 29.5. The first kappa shape index (κ1) is 80.9. The van der Waals surface area contributed by atoms with Crippen LogP contribution in [-0.2, 0) is 0 Å². The number of rotatable bonds is 0. The summed E-state index contributed by atoms with van der Waals surface area (Å²) >= 11 is 4.97. The van der Waals surface area contributed by atoms with Gasteiger partial charge in [-0.3, -0.25) is 19.9 Å². The number of benzene rings is 7. The van der Waals surface area contributed by atoms with Crippen molar-refractivity contribution in [3.05, 3.63) is 298 Å². The number of thiophene rings is 2. The van der Waals surface area contributed by atoms with Crippen LogP contribution in [0.25, 0.3) is 143 Å². The Morgan fingerprint density at radius 3 is 0.895 bits per heavy atom. The minimum atomic E-state index is 0.424. The summed E-state index contributed by atoms with van der Waals surface area (Å²) in [5, 5.41) is 10.1. The summed E-state index contributed by atoms with van der Waals surface area (Å²) in [7, 11) is 0. The fourth-order valence-corrected chi connectivity index (χ4v) is 19.6. The molecule has 0 saturated carbocycles. The molecule has 14 heteroatoms. The molecule has 0 amide bonds. The second kappa shape index (κ2) is 43.5. The molecule has 0 aliphatic carbocycles.